The van der Waals surface area contributed by atoms with Crippen molar-refractivity contribution in [2.24, 2.45) is 0 Å². The van der Waals surface area contributed by atoms with Crippen LogP contribution in [-0.4, -0.2) is 29.1 Å². The van der Waals surface area contributed by atoms with Crippen molar-refractivity contribution in [2.45, 2.75) is 27.0 Å². The quantitative estimate of drug-likeness (QED) is 0.233. The number of imide groups is 1. The first-order valence-electron chi connectivity index (χ1n) is 11.9. The fourth-order valence-corrected chi connectivity index (χ4v) is 5.48. The highest BCUT2D eigenvalue weighted by Gasteiger charge is 2.36. The minimum Gasteiger partial charge on any atom is -0.488 e. The highest BCUT2D eigenvalue weighted by atomic mass is 35.5. The summed E-state index contributed by atoms with van der Waals surface area (Å²) >= 11 is 19.2. The van der Waals surface area contributed by atoms with E-state index >= 15 is 0 Å². The lowest BCUT2D eigenvalue weighted by atomic mass is 10.1. The molecule has 5 nitrogen and oxygen atoms in total. The zero-order chi connectivity index (χ0) is 27.4. The minimum atomic E-state index is -0.580. The number of halogens is 4. The molecule has 0 atom stereocenters. The van der Waals surface area contributed by atoms with Gasteiger partial charge >= 0.3 is 0 Å². The van der Waals surface area contributed by atoms with E-state index in [1.54, 1.807) is 24.3 Å². The number of benzene rings is 3. The summed E-state index contributed by atoms with van der Waals surface area (Å²) in [7, 11) is 0. The third kappa shape index (κ3) is 6.29. The van der Waals surface area contributed by atoms with Crippen LogP contribution in [0.1, 0.15) is 30.5 Å². The molecule has 0 radical (unpaired) electrons. The number of carbonyl (C=O) groups is 2. The van der Waals surface area contributed by atoms with Crippen molar-refractivity contribution < 1.29 is 18.7 Å². The Bertz CT molecular complexity index is 1390. The van der Waals surface area contributed by atoms with E-state index in [0.29, 0.717) is 21.4 Å². The van der Waals surface area contributed by atoms with Gasteiger partial charge in [-0.05, 0) is 68.1 Å². The van der Waals surface area contributed by atoms with E-state index in [-0.39, 0.29) is 28.6 Å². The van der Waals surface area contributed by atoms with E-state index in [1.807, 2.05) is 18.2 Å². The van der Waals surface area contributed by atoms with Crippen molar-refractivity contribution in [3.8, 4) is 5.75 Å². The molecular weight excluding hydrogens is 570 g/mol. The van der Waals surface area contributed by atoms with Crippen LogP contribution in [0.15, 0.2) is 59.5 Å². The second-order valence-corrected chi connectivity index (χ2v) is 10.6. The number of rotatable bonds is 9. The summed E-state index contributed by atoms with van der Waals surface area (Å²) in [5.41, 5.74) is 2.40. The maximum atomic E-state index is 14.3. The van der Waals surface area contributed by atoms with Crippen molar-refractivity contribution >= 4 is 69.5 Å². The second kappa shape index (κ2) is 12.4. The molecule has 1 saturated heterocycles. The Hall–Kier alpha value is -2.71. The average Bonchev–Trinajstić information content (AvgIpc) is 3.14. The van der Waals surface area contributed by atoms with Gasteiger partial charge in [0.1, 0.15) is 18.2 Å². The largest absolute Gasteiger partial charge is 0.488 e. The Morgan fingerprint density at radius 3 is 2.45 bits per heavy atom. The Balaban J connectivity index is 1.64. The molecule has 198 valence electrons. The SMILES string of the molecule is CCN(CC)c1ccc(/C=C2\SC(=O)N(Cc3c(F)cccc3Cl)C2=O)c(OCc2ccc(Cl)cc2Cl)c1. The second-order valence-electron chi connectivity index (χ2n) is 8.39. The average molecular weight is 594 g/mol. The highest BCUT2D eigenvalue weighted by molar-refractivity contribution is 8.18. The van der Waals surface area contributed by atoms with Crippen molar-refractivity contribution in [2.75, 3.05) is 18.0 Å². The standard InChI is InChI=1S/C28H24Cl3FN2O3S/c1-3-33(4-2)20-11-9-17(25(14-20)37-16-18-8-10-19(29)13-23(18)31)12-26-27(35)34(28(36)38-26)15-21-22(30)6-5-7-24(21)32/h5-14H,3-4,15-16H2,1-2H3/b26-12-. The molecule has 38 heavy (non-hydrogen) atoms. The summed E-state index contributed by atoms with van der Waals surface area (Å²) in [5, 5.41) is 0.648. The highest BCUT2D eigenvalue weighted by Crippen LogP contribution is 2.37. The smallest absolute Gasteiger partial charge is 0.293 e. The predicted molar refractivity (Wildman–Crippen MR) is 154 cm³/mol. The van der Waals surface area contributed by atoms with Gasteiger partial charge in [-0.25, -0.2) is 4.39 Å². The van der Waals surface area contributed by atoms with Crippen LogP contribution in [0.2, 0.25) is 15.1 Å². The van der Waals surface area contributed by atoms with Crippen LogP contribution in [0, 0.1) is 5.82 Å². The van der Waals surface area contributed by atoms with Crippen molar-refractivity contribution in [1.82, 2.24) is 4.90 Å². The van der Waals surface area contributed by atoms with E-state index < -0.39 is 17.0 Å². The topological polar surface area (TPSA) is 49.9 Å². The van der Waals surface area contributed by atoms with E-state index in [2.05, 4.69) is 18.7 Å². The maximum absolute atomic E-state index is 14.3. The van der Waals surface area contributed by atoms with Crippen LogP contribution in [0.3, 0.4) is 0 Å². The molecule has 0 bridgehead atoms. The molecule has 3 aromatic rings. The van der Waals surface area contributed by atoms with E-state index in [1.165, 1.54) is 18.2 Å². The summed E-state index contributed by atoms with van der Waals surface area (Å²) in [6.07, 6.45) is 1.61. The molecule has 0 aliphatic carbocycles. The van der Waals surface area contributed by atoms with E-state index in [0.717, 1.165) is 41.0 Å². The first-order chi connectivity index (χ1) is 18.2. The Kier molecular flexibility index (Phi) is 9.26. The van der Waals surface area contributed by atoms with Gasteiger partial charge in [0.05, 0.1) is 11.4 Å². The third-order valence-corrected chi connectivity index (χ3v) is 7.91. The number of anilines is 1. The molecule has 3 aromatic carbocycles. The Morgan fingerprint density at radius 1 is 1.00 bits per heavy atom. The Morgan fingerprint density at radius 2 is 1.76 bits per heavy atom. The van der Waals surface area contributed by atoms with Gasteiger partial charge in [0, 0.05) is 56.6 Å². The monoisotopic (exact) mass is 592 g/mol. The first kappa shape index (κ1) is 28.3. The number of nitrogens with zero attached hydrogens (tertiary/aromatic N) is 2. The molecule has 0 aromatic heterocycles. The van der Waals surface area contributed by atoms with Gasteiger partial charge in [0.15, 0.2) is 0 Å². The van der Waals surface area contributed by atoms with Crippen LogP contribution in [0.5, 0.6) is 5.75 Å². The normalized spacial score (nSPS) is 14.5. The lowest BCUT2D eigenvalue weighted by Crippen LogP contribution is -2.28. The van der Waals surface area contributed by atoms with Crippen LogP contribution in [0.25, 0.3) is 6.08 Å². The summed E-state index contributed by atoms with van der Waals surface area (Å²) in [4.78, 5) is 29.2. The molecule has 0 unspecified atom stereocenters. The lowest BCUT2D eigenvalue weighted by molar-refractivity contribution is -0.123. The number of hydrogen-bond acceptors (Lipinski definition) is 5. The van der Waals surface area contributed by atoms with Crippen molar-refractivity contribution in [3.05, 3.63) is 97.1 Å². The molecule has 0 spiro atoms. The van der Waals surface area contributed by atoms with Gasteiger partial charge in [0.25, 0.3) is 11.1 Å². The fourth-order valence-electron chi connectivity index (χ4n) is 3.97. The van der Waals surface area contributed by atoms with Gasteiger partial charge in [-0.3, -0.25) is 14.5 Å². The number of carbonyl (C=O) groups excluding carboxylic acids is 2. The predicted octanol–water partition coefficient (Wildman–Crippen LogP) is 8.45. The van der Waals surface area contributed by atoms with Crippen LogP contribution in [-0.2, 0) is 17.9 Å². The number of ether oxygens (including phenoxy) is 1. The molecule has 1 aliphatic heterocycles. The maximum Gasteiger partial charge on any atom is 0.293 e. The van der Waals surface area contributed by atoms with Crippen LogP contribution in [0.4, 0.5) is 14.9 Å². The fraction of sp³-hybridized carbons (Fsp3) is 0.214. The summed E-state index contributed by atoms with van der Waals surface area (Å²) in [6.45, 7) is 5.64. The van der Waals surface area contributed by atoms with E-state index in [9.17, 15) is 14.0 Å². The molecule has 0 saturated carbocycles. The van der Waals surface area contributed by atoms with Gasteiger partial charge in [0.2, 0.25) is 0 Å². The summed E-state index contributed by atoms with van der Waals surface area (Å²) in [5.74, 6) is -0.590. The molecule has 1 fully saturated rings. The van der Waals surface area contributed by atoms with Crippen LogP contribution >= 0.6 is 46.6 Å². The number of thioether (sulfide) groups is 1. The van der Waals surface area contributed by atoms with Gasteiger partial charge < -0.3 is 9.64 Å². The van der Waals surface area contributed by atoms with Gasteiger partial charge in [-0.15, -0.1) is 0 Å². The summed E-state index contributed by atoms with van der Waals surface area (Å²) in [6, 6.07) is 15.1. The molecule has 2 amide bonds. The molecule has 1 aliphatic rings. The van der Waals surface area contributed by atoms with Crippen molar-refractivity contribution in [3.63, 3.8) is 0 Å². The third-order valence-electron chi connectivity index (χ3n) is 6.06. The molecule has 0 N–H and O–H groups in total. The number of hydrogen-bond donors (Lipinski definition) is 0. The van der Waals surface area contributed by atoms with Gasteiger partial charge in [-0.1, -0.05) is 46.9 Å². The zero-order valence-electron chi connectivity index (χ0n) is 20.6. The minimum absolute atomic E-state index is 0.0881. The first-order valence-corrected chi connectivity index (χ1v) is 13.8. The molecule has 10 heteroatoms. The number of amides is 2. The lowest BCUT2D eigenvalue weighted by Gasteiger charge is -2.22. The van der Waals surface area contributed by atoms with Crippen LogP contribution < -0.4 is 9.64 Å². The summed E-state index contributed by atoms with van der Waals surface area (Å²) < 4.78 is 20.5. The molecule has 4 rings (SSSR count). The Labute approximate surface area is 240 Å². The zero-order valence-corrected chi connectivity index (χ0v) is 23.7. The van der Waals surface area contributed by atoms with E-state index in [4.69, 9.17) is 39.5 Å². The van der Waals surface area contributed by atoms with Crippen molar-refractivity contribution in [1.29, 1.82) is 0 Å². The van der Waals surface area contributed by atoms with Gasteiger partial charge in [-0.2, -0.15) is 0 Å². The molecule has 1 heterocycles. The molecular formula is C28H24Cl3FN2O3S.